The lowest BCUT2D eigenvalue weighted by Gasteiger charge is -2.17. The van der Waals surface area contributed by atoms with Crippen LogP contribution in [0.4, 0.5) is 4.39 Å². The predicted octanol–water partition coefficient (Wildman–Crippen LogP) is 6.42. The Bertz CT molecular complexity index is 1140. The first-order valence-corrected chi connectivity index (χ1v) is 11.0. The highest BCUT2D eigenvalue weighted by Gasteiger charge is 2.24. The molecule has 0 heterocycles. The average Bonchev–Trinajstić information content (AvgIpc) is 3.25. The lowest BCUT2D eigenvalue weighted by atomic mass is 10.0. The minimum absolute atomic E-state index is 0.168. The van der Waals surface area contributed by atoms with E-state index in [0.29, 0.717) is 29.9 Å². The molecular formula is C27H27FO4. The minimum Gasteiger partial charge on any atom is -0.508 e. The lowest BCUT2D eigenvalue weighted by molar-refractivity contribution is -0.134. The first-order chi connectivity index (χ1) is 15.4. The molecule has 1 aliphatic rings. The van der Waals surface area contributed by atoms with Crippen LogP contribution in [0.2, 0.25) is 0 Å². The number of aromatic hydroxyl groups is 1. The molecule has 0 bridgehead atoms. The largest absolute Gasteiger partial charge is 0.508 e. The average molecular weight is 435 g/mol. The van der Waals surface area contributed by atoms with Crippen LogP contribution in [0.3, 0.4) is 0 Å². The van der Waals surface area contributed by atoms with Crippen LogP contribution in [-0.4, -0.2) is 11.1 Å². The second-order valence-electron chi connectivity index (χ2n) is 8.25. The summed E-state index contributed by atoms with van der Waals surface area (Å²) in [6.45, 7) is 3.90. The molecule has 0 amide bonds. The van der Waals surface area contributed by atoms with Gasteiger partial charge in [-0.1, -0.05) is 19.1 Å². The van der Waals surface area contributed by atoms with Gasteiger partial charge in [-0.3, -0.25) is 4.79 Å². The van der Waals surface area contributed by atoms with E-state index in [1.807, 2.05) is 26.0 Å². The van der Waals surface area contributed by atoms with Gasteiger partial charge in [0.15, 0.2) is 0 Å². The summed E-state index contributed by atoms with van der Waals surface area (Å²) in [5.41, 5.74) is 4.62. The molecule has 0 saturated heterocycles. The number of halogens is 1. The number of rotatable bonds is 7. The summed E-state index contributed by atoms with van der Waals surface area (Å²) in [7, 11) is 0. The molecule has 3 aromatic rings. The van der Waals surface area contributed by atoms with E-state index in [1.54, 1.807) is 24.3 Å². The molecule has 0 aliphatic heterocycles. The number of hydrogen-bond donors (Lipinski definition) is 1. The Hall–Kier alpha value is -3.34. The summed E-state index contributed by atoms with van der Waals surface area (Å²) in [4.78, 5) is 12.0. The van der Waals surface area contributed by atoms with Crippen molar-refractivity contribution in [3.8, 4) is 23.0 Å². The van der Waals surface area contributed by atoms with Crippen molar-refractivity contribution in [3.63, 3.8) is 0 Å². The van der Waals surface area contributed by atoms with Crippen LogP contribution in [0.25, 0.3) is 0 Å². The van der Waals surface area contributed by atoms with Crippen LogP contribution in [0.15, 0.2) is 48.5 Å². The summed E-state index contributed by atoms with van der Waals surface area (Å²) in [6.07, 6.45) is 4.32. The SMILES string of the molecule is CCCC(=O)Oc1cc(C)c(Oc2ccc(O)c(Cc3ccc(F)cc3)c2)c2c1CCC2. The smallest absolute Gasteiger partial charge is 0.311 e. The molecule has 32 heavy (non-hydrogen) atoms. The van der Waals surface area contributed by atoms with Gasteiger partial charge in [-0.05, 0) is 80.1 Å². The number of fused-ring (bicyclic) bond motifs is 1. The Balaban J connectivity index is 1.61. The van der Waals surface area contributed by atoms with Crippen molar-refractivity contribution in [3.05, 3.63) is 82.2 Å². The van der Waals surface area contributed by atoms with Crippen molar-refractivity contribution >= 4 is 5.97 Å². The highest BCUT2D eigenvalue weighted by Crippen LogP contribution is 2.42. The zero-order valence-corrected chi connectivity index (χ0v) is 18.4. The van der Waals surface area contributed by atoms with Gasteiger partial charge in [0, 0.05) is 29.5 Å². The Kier molecular flexibility index (Phi) is 6.45. The van der Waals surface area contributed by atoms with Crippen molar-refractivity contribution in [1.82, 2.24) is 0 Å². The number of carbonyl (C=O) groups excluding carboxylic acids is 1. The van der Waals surface area contributed by atoms with Gasteiger partial charge in [-0.2, -0.15) is 0 Å². The van der Waals surface area contributed by atoms with Gasteiger partial charge in [-0.25, -0.2) is 4.39 Å². The van der Waals surface area contributed by atoms with E-state index in [4.69, 9.17) is 9.47 Å². The molecule has 4 nitrogen and oxygen atoms in total. The Morgan fingerprint density at radius 3 is 2.56 bits per heavy atom. The second-order valence-corrected chi connectivity index (χ2v) is 8.25. The normalized spacial score (nSPS) is 12.5. The molecule has 0 radical (unpaired) electrons. The first kappa shape index (κ1) is 21.9. The van der Waals surface area contributed by atoms with Crippen molar-refractivity contribution in [2.45, 2.75) is 52.4 Å². The summed E-state index contributed by atoms with van der Waals surface area (Å²) in [6, 6.07) is 13.3. The Labute approximate surface area is 187 Å². The molecule has 0 aromatic heterocycles. The number of ether oxygens (including phenoxy) is 2. The number of aryl methyl sites for hydroxylation is 1. The maximum atomic E-state index is 13.2. The molecule has 5 heteroatoms. The van der Waals surface area contributed by atoms with E-state index < -0.39 is 0 Å². The van der Waals surface area contributed by atoms with Crippen molar-refractivity contribution in [1.29, 1.82) is 0 Å². The summed E-state index contributed by atoms with van der Waals surface area (Å²) in [5, 5.41) is 10.3. The highest BCUT2D eigenvalue weighted by molar-refractivity contribution is 5.73. The molecule has 166 valence electrons. The molecule has 3 aromatic carbocycles. The van der Waals surface area contributed by atoms with Crippen LogP contribution >= 0.6 is 0 Å². The van der Waals surface area contributed by atoms with Gasteiger partial charge in [0.05, 0.1) is 0 Å². The van der Waals surface area contributed by atoms with Gasteiger partial charge in [0.2, 0.25) is 0 Å². The summed E-state index contributed by atoms with van der Waals surface area (Å²) in [5.74, 6) is 1.71. The standard InChI is InChI=1S/C27H27FO4/c1-3-5-26(30)32-25-14-17(2)27(23-7-4-6-22(23)25)31-21-12-13-24(29)19(16-21)15-18-8-10-20(28)11-9-18/h8-14,16,29H,3-7,15H2,1-2H3. The van der Waals surface area contributed by atoms with Crippen LogP contribution in [0.1, 0.15) is 54.0 Å². The third-order valence-corrected chi connectivity index (χ3v) is 5.75. The molecule has 0 fully saturated rings. The fraction of sp³-hybridized carbons (Fsp3) is 0.296. The molecule has 0 saturated carbocycles. The van der Waals surface area contributed by atoms with Crippen LogP contribution in [0, 0.1) is 12.7 Å². The number of esters is 1. The van der Waals surface area contributed by atoms with Gasteiger partial charge in [-0.15, -0.1) is 0 Å². The number of hydrogen-bond acceptors (Lipinski definition) is 4. The molecule has 1 aliphatic carbocycles. The molecule has 0 atom stereocenters. The number of phenolic OH excluding ortho intramolecular Hbond substituents is 1. The Morgan fingerprint density at radius 1 is 1.06 bits per heavy atom. The fourth-order valence-corrected chi connectivity index (χ4v) is 4.17. The van der Waals surface area contributed by atoms with E-state index in [1.165, 1.54) is 12.1 Å². The summed E-state index contributed by atoms with van der Waals surface area (Å²) < 4.78 is 25.1. The van der Waals surface area contributed by atoms with Crippen molar-refractivity contribution in [2.75, 3.05) is 0 Å². The zero-order valence-electron chi connectivity index (χ0n) is 18.4. The highest BCUT2D eigenvalue weighted by atomic mass is 19.1. The fourth-order valence-electron chi connectivity index (χ4n) is 4.17. The summed E-state index contributed by atoms with van der Waals surface area (Å²) >= 11 is 0. The number of benzene rings is 3. The van der Waals surface area contributed by atoms with E-state index in [-0.39, 0.29) is 17.5 Å². The van der Waals surface area contributed by atoms with Crippen LogP contribution < -0.4 is 9.47 Å². The monoisotopic (exact) mass is 434 g/mol. The van der Waals surface area contributed by atoms with Crippen LogP contribution in [-0.2, 0) is 24.1 Å². The van der Waals surface area contributed by atoms with Gasteiger partial charge >= 0.3 is 5.97 Å². The maximum Gasteiger partial charge on any atom is 0.311 e. The van der Waals surface area contributed by atoms with Gasteiger partial charge in [0.25, 0.3) is 0 Å². The quantitative estimate of drug-likeness (QED) is 0.344. The van der Waals surface area contributed by atoms with E-state index >= 15 is 0 Å². The Morgan fingerprint density at radius 2 is 1.81 bits per heavy atom. The molecule has 1 N–H and O–H groups in total. The van der Waals surface area contributed by atoms with Crippen molar-refractivity contribution < 1.29 is 23.8 Å². The topological polar surface area (TPSA) is 55.8 Å². The van der Waals surface area contributed by atoms with Gasteiger partial charge < -0.3 is 14.6 Å². The van der Waals surface area contributed by atoms with Crippen molar-refractivity contribution in [2.24, 2.45) is 0 Å². The zero-order chi connectivity index (χ0) is 22.7. The predicted molar refractivity (Wildman–Crippen MR) is 121 cm³/mol. The lowest BCUT2D eigenvalue weighted by Crippen LogP contribution is -2.09. The van der Waals surface area contributed by atoms with Gasteiger partial charge in [0.1, 0.15) is 28.8 Å². The maximum absolute atomic E-state index is 13.2. The molecule has 4 rings (SSSR count). The molecule has 0 spiro atoms. The van der Waals surface area contributed by atoms with E-state index in [2.05, 4.69) is 0 Å². The van der Waals surface area contributed by atoms with E-state index in [9.17, 15) is 14.3 Å². The third kappa shape index (κ3) is 4.77. The van der Waals surface area contributed by atoms with E-state index in [0.717, 1.165) is 53.7 Å². The minimum atomic E-state index is -0.289. The number of phenols is 1. The molecular weight excluding hydrogens is 407 g/mol. The van der Waals surface area contributed by atoms with Crippen LogP contribution in [0.5, 0.6) is 23.0 Å². The second kappa shape index (κ2) is 9.43. The third-order valence-electron chi connectivity index (χ3n) is 5.75. The number of carbonyl (C=O) groups is 1. The first-order valence-electron chi connectivity index (χ1n) is 11.0. The molecule has 0 unspecified atom stereocenters.